The van der Waals surface area contributed by atoms with Gasteiger partial charge in [0.15, 0.2) is 0 Å². The van der Waals surface area contributed by atoms with Crippen LogP contribution in [0.3, 0.4) is 0 Å². The molecule has 1 aromatic carbocycles. The Morgan fingerprint density at radius 3 is 2.44 bits per heavy atom. The third-order valence-electron chi connectivity index (χ3n) is 3.16. The third-order valence-corrected chi connectivity index (χ3v) is 3.16. The summed E-state index contributed by atoms with van der Waals surface area (Å²) in [5, 5.41) is 0. The van der Waals surface area contributed by atoms with E-state index in [0.717, 1.165) is 5.75 Å². The second-order valence-corrected chi connectivity index (χ2v) is 4.20. The van der Waals surface area contributed by atoms with Gasteiger partial charge in [0.05, 0.1) is 7.11 Å². The van der Waals surface area contributed by atoms with E-state index in [1.165, 1.54) is 37.1 Å². The van der Waals surface area contributed by atoms with Crippen molar-refractivity contribution in [3.63, 3.8) is 0 Å². The van der Waals surface area contributed by atoms with Gasteiger partial charge in [-0.25, -0.2) is 0 Å². The zero-order chi connectivity index (χ0) is 11.4. The standard InChI is InChI=1S/C14H19NO/c1-15(12-6-4-3-5-7-12)13-8-10-14(16-2)11-9-13/h6,8-11H,3-5,7H2,1-2H3. The lowest BCUT2D eigenvalue weighted by Crippen LogP contribution is -2.17. The summed E-state index contributed by atoms with van der Waals surface area (Å²) < 4.78 is 5.16. The van der Waals surface area contributed by atoms with E-state index in [0.29, 0.717) is 0 Å². The summed E-state index contributed by atoms with van der Waals surface area (Å²) >= 11 is 0. The number of methoxy groups -OCH3 is 1. The lowest BCUT2D eigenvalue weighted by Gasteiger charge is -2.25. The molecule has 0 spiro atoms. The van der Waals surface area contributed by atoms with Crippen molar-refractivity contribution in [1.82, 2.24) is 0 Å². The van der Waals surface area contributed by atoms with Crippen molar-refractivity contribution in [2.75, 3.05) is 19.1 Å². The van der Waals surface area contributed by atoms with Gasteiger partial charge < -0.3 is 9.64 Å². The maximum absolute atomic E-state index is 5.16. The second-order valence-electron chi connectivity index (χ2n) is 4.20. The summed E-state index contributed by atoms with van der Waals surface area (Å²) in [6.45, 7) is 0. The van der Waals surface area contributed by atoms with E-state index in [9.17, 15) is 0 Å². The summed E-state index contributed by atoms with van der Waals surface area (Å²) in [6.07, 6.45) is 7.42. The van der Waals surface area contributed by atoms with E-state index >= 15 is 0 Å². The van der Waals surface area contributed by atoms with E-state index in [4.69, 9.17) is 4.74 Å². The topological polar surface area (TPSA) is 12.5 Å². The molecule has 0 fully saturated rings. The number of hydrogen-bond donors (Lipinski definition) is 0. The van der Waals surface area contributed by atoms with E-state index in [2.05, 4.69) is 30.2 Å². The number of hydrogen-bond acceptors (Lipinski definition) is 2. The van der Waals surface area contributed by atoms with Crippen LogP contribution in [0, 0.1) is 0 Å². The molecule has 1 aliphatic rings. The zero-order valence-electron chi connectivity index (χ0n) is 10.1. The van der Waals surface area contributed by atoms with Crippen molar-refractivity contribution in [1.29, 1.82) is 0 Å². The molecule has 2 rings (SSSR count). The molecule has 0 bridgehead atoms. The van der Waals surface area contributed by atoms with Crippen molar-refractivity contribution in [2.24, 2.45) is 0 Å². The molecule has 16 heavy (non-hydrogen) atoms. The predicted molar refractivity (Wildman–Crippen MR) is 67.9 cm³/mol. The Morgan fingerprint density at radius 1 is 1.12 bits per heavy atom. The van der Waals surface area contributed by atoms with Gasteiger partial charge in [0.1, 0.15) is 5.75 Å². The molecule has 0 aliphatic heterocycles. The van der Waals surface area contributed by atoms with Gasteiger partial charge in [-0.2, -0.15) is 0 Å². The Morgan fingerprint density at radius 2 is 1.88 bits per heavy atom. The largest absolute Gasteiger partial charge is 0.497 e. The van der Waals surface area contributed by atoms with Crippen LogP contribution in [0.2, 0.25) is 0 Å². The molecule has 0 saturated heterocycles. The lowest BCUT2D eigenvalue weighted by atomic mass is 10.0. The number of benzene rings is 1. The first kappa shape index (κ1) is 11.1. The smallest absolute Gasteiger partial charge is 0.119 e. The average Bonchev–Trinajstić information content (AvgIpc) is 2.39. The van der Waals surface area contributed by atoms with Crippen LogP contribution in [0.4, 0.5) is 5.69 Å². The molecule has 0 amide bonds. The van der Waals surface area contributed by atoms with Crippen LogP contribution in [-0.4, -0.2) is 14.2 Å². The van der Waals surface area contributed by atoms with Crippen LogP contribution in [0.5, 0.6) is 5.75 Å². The van der Waals surface area contributed by atoms with E-state index in [1.807, 2.05) is 12.1 Å². The normalized spacial score (nSPS) is 15.5. The van der Waals surface area contributed by atoms with Crippen LogP contribution in [0.25, 0.3) is 0 Å². The first-order chi connectivity index (χ1) is 7.81. The van der Waals surface area contributed by atoms with Crippen LogP contribution in [-0.2, 0) is 0 Å². The van der Waals surface area contributed by atoms with Gasteiger partial charge in [0, 0.05) is 18.4 Å². The molecular formula is C14H19NO. The predicted octanol–water partition coefficient (Wildman–Crippen LogP) is 3.59. The molecule has 1 aliphatic carbocycles. The quantitative estimate of drug-likeness (QED) is 0.767. The van der Waals surface area contributed by atoms with Gasteiger partial charge in [0.2, 0.25) is 0 Å². The van der Waals surface area contributed by atoms with Gasteiger partial charge in [0.25, 0.3) is 0 Å². The maximum atomic E-state index is 5.16. The average molecular weight is 217 g/mol. The molecule has 0 atom stereocenters. The number of nitrogens with zero attached hydrogens (tertiary/aromatic N) is 1. The highest BCUT2D eigenvalue weighted by atomic mass is 16.5. The fourth-order valence-electron chi connectivity index (χ4n) is 2.10. The van der Waals surface area contributed by atoms with Crippen LogP contribution >= 0.6 is 0 Å². The number of allylic oxidation sites excluding steroid dienone is 2. The summed E-state index contributed by atoms with van der Waals surface area (Å²) in [7, 11) is 3.83. The highest BCUT2D eigenvalue weighted by Crippen LogP contribution is 2.26. The molecule has 0 heterocycles. The van der Waals surface area contributed by atoms with E-state index in [1.54, 1.807) is 7.11 Å². The third kappa shape index (κ3) is 2.38. The van der Waals surface area contributed by atoms with Gasteiger partial charge in [-0.1, -0.05) is 6.08 Å². The van der Waals surface area contributed by atoms with Crippen LogP contribution in [0.1, 0.15) is 25.7 Å². The molecule has 2 nitrogen and oxygen atoms in total. The Balaban J connectivity index is 2.13. The number of anilines is 1. The number of ether oxygens (including phenoxy) is 1. The van der Waals surface area contributed by atoms with Crippen molar-refractivity contribution in [3.8, 4) is 5.75 Å². The fourth-order valence-corrected chi connectivity index (χ4v) is 2.10. The lowest BCUT2D eigenvalue weighted by molar-refractivity contribution is 0.415. The van der Waals surface area contributed by atoms with Gasteiger partial charge in [-0.05, 0) is 49.9 Å². The van der Waals surface area contributed by atoms with Crippen LogP contribution in [0.15, 0.2) is 36.0 Å². The Hall–Kier alpha value is -1.44. The summed E-state index contributed by atoms with van der Waals surface area (Å²) in [4.78, 5) is 2.28. The molecule has 1 aromatic rings. The minimum absolute atomic E-state index is 0.912. The highest BCUT2D eigenvalue weighted by Gasteiger charge is 2.09. The monoisotopic (exact) mass is 217 g/mol. The second kappa shape index (κ2) is 5.06. The summed E-state index contributed by atoms with van der Waals surface area (Å²) in [5.74, 6) is 0.912. The van der Waals surface area contributed by atoms with Crippen LogP contribution < -0.4 is 9.64 Å². The van der Waals surface area contributed by atoms with Crippen molar-refractivity contribution < 1.29 is 4.74 Å². The first-order valence-corrected chi connectivity index (χ1v) is 5.88. The van der Waals surface area contributed by atoms with Crippen molar-refractivity contribution in [3.05, 3.63) is 36.0 Å². The number of rotatable bonds is 3. The molecule has 0 N–H and O–H groups in total. The van der Waals surface area contributed by atoms with Gasteiger partial charge in [-0.15, -0.1) is 0 Å². The van der Waals surface area contributed by atoms with Crippen molar-refractivity contribution >= 4 is 5.69 Å². The minimum atomic E-state index is 0.912. The highest BCUT2D eigenvalue weighted by molar-refractivity contribution is 5.53. The van der Waals surface area contributed by atoms with Crippen molar-refractivity contribution in [2.45, 2.75) is 25.7 Å². The summed E-state index contributed by atoms with van der Waals surface area (Å²) in [5.41, 5.74) is 2.67. The van der Waals surface area contributed by atoms with E-state index < -0.39 is 0 Å². The minimum Gasteiger partial charge on any atom is -0.497 e. The molecule has 0 saturated carbocycles. The molecule has 0 unspecified atom stereocenters. The fraction of sp³-hybridized carbons (Fsp3) is 0.429. The molecule has 86 valence electrons. The van der Waals surface area contributed by atoms with Gasteiger partial charge >= 0.3 is 0 Å². The first-order valence-electron chi connectivity index (χ1n) is 5.88. The zero-order valence-corrected chi connectivity index (χ0v) is 10.1. The molecule has 2 heteroatoms. The molecule has 0 aromatic heterocycles. The van der Waals surface area contributed by atoms with E-state index in [-0.39, 0.29) is 0 Å². The SMILES string of the molecule is COc1ccc(N(C)C2=CCCCC2)cc1. The maximum Gasteiger partial charge on any atom is 0.119 e. The van der Waals surface area contributed by atoms with Gasteiger partial charge in [-0.3, -0.25) is 0 Å². The summed E-state index contributed by atoms with van der Waals surface area (Å²) in [6, 6.07) is 8.23. The Kier molecular flexibility index (Phi) is 3.50. The Labute approximate surface area is 97.5 Å². The molecule has 0 radical (unpaired) electrons. The molecular weight excluding hydrogens is 198 g/mol. The Bertz CT molecular complexity index is 367.